The molecule has 9 heteroatoms. The Morgan fingerprint density at radius 3 is 2.50 bits per heavy atom. The molecule has 1 aromatic carbocycles. The van der Waals surface area contributed by atoms with Gasteiger partial charge in [-0.3, -0.25) is 14.4 Å². The van der Waals surface area contributed by atoms with Crippen LogP contribution < -0.4 is 5.73 Å². The summed E-state index contributed by atoms with van der Waals surface area (Å²) >= 11 is 0. The van der Waals surface area contributed by atoms with E-state index >= 15 is 0 Å². The largest absolute Gasteiger partial charge is 0.511 e. The lowest BCUT2D eigenvalue weighted by Gasteiger charge is -2.41. The zero-order valence-electron chi connectivity index (χ0n) is 16.0. The van der Waals surface area contributed by atoms with Gasteiger partial charge in [-0.15, -0.1) is 0 Å². The van der Waals surface area contributed by atoms with E-state index in [1.54, 1.807) is 13.0 Å². The SMILES string of the molecule is C/C(=N/O)c1ccc(O)c2c1C[C@H]1C[C@H]3CC(=O)C(C(N)=O)=C(O)C3C(=O)C1=C2O. The first kappa shape index (κ1) is 19.7. The number of primary amides is 1. The molecule has 3 aliphatic carbocycles. The van der Waals surface area contributed by atoms with E-state index in [2.05, 4.69) is 5.16 Å². The maximum absolute atomic E-state index is 13.3. The number of hydrogen-bond acceptors (Lipinski definition) is 8. The molecule has 0 heterocycles. The van der Waals surface area contributed by atoms with Crippen LogP contribution in [0.4, 0.5) is 0 Å². The van der Waals surface area contributed by atoms with Crippen LogP contribution in [0.25, 0.3) is 5.76 Å². The van der Waals surface area contributed by atoms with E-state index in [0.29, 0.717) is 17.5 Å². The summed E-state index contributed by atoms with van der Waals surface area (Å²) in [7, 11) is 0. The normalized spacial score (nSPS) is 26.3. The number of nitrogens with two attached hydrogens (primary N) is 1. The summed E-state index contributed by atoms with van der Waals surface area (Å²) < 4.78 is 0. The number of oxime groups is 1. The molecule has 1 fully saturated rings. The van der Waals surface area contributed by atoms with Crippen LogP contribution in [0.2, 0.25) is 0 Å². The summed E-state index contributed by atoms with van der Waals surface area (Å²) in [4.78, 5) is 37.1. The molecule has 9 nitrogen and oxygen atoms in total. The van der Waals surface area contributed by atoms with Gasteiger partial charge in [0.05, 0.1) is 17.2 Å². The van der Waals surface area contributed by atoms with Gasteiger partial charge < -0.3 is 26.3 Å². The molecule has 0 spiro atoms. The highest BCUT2D eigenvalue weighted by molar-refractivity contribution is 6.21. The van der Waals surface area contributed by atoms with Crippen molar-refractivity contribution in [2.24, 2.45) is 28.6 Å². The van der Waals surface area contributed by atoms with Crippen molar-refractivity contribution in [2.45, 2.75) is 26.2 Å². The molecule has 0 aliphatic heterocycles. The summed E-state index contributed by atoms with van der Waals surface area (Å²) in [6.45, 7) is 1.57. The molecule has 1 unspecified atom stereocenters. The highest BCUT2D eigenvalue weighted by Crippen LogP contribution is 2.50. The number of carbonyl (C=O) groups excluding carboxylic acids is 3. The number of amides is 1. The molecule has 1 saturated carbocycles. The van der Waals surface area contributed by atoms with Crippen LogP contribution in [0.5, 0.6) is 5.75 Å². The molecule has 3 aliphatic rings. The number of phenols is 1. The lowest BCUT2D eigenvalue weighted by atomic mass is 9.61. The average Bonchev–Trinajstić information content (AvgIpc) is 2.66. The number of phenolic OH excluding ortho intramolecular Hbond substituents is 1. The fourth-order valence-corrected chi connectivity index (χ4v) is 5.03. The Hall–Kier alpha value is -3.62. The van der Waals surface area contributed by atoms with Gasteiger partial charge in [0.1, 0.15) is 22.8 Å². The van der Waals surface area contributed by atoms with E-state index in [9.17, 15) is 34.9 Å². The van der Waals surface area contributed by atoms with Crippen LogP contribution in [0.15, 0.2) is 34.2 Å². The lowest BCUT2D eigenvalue weighted by Crippen LogP contribution is -2.44. The third-order valence-electron chi connectivity index (χ3n) is 6.31. The number of carbonyl (C=O) groups is 3. The Bertz CT molecular complexity index is 1110. The van der Waals surface area contributed by atoms with Gasteiger partial charge in [-0.05, 0) is 49.3 Å². The van der Waals surface area contributed by atoms with Crippen molar-refractivity contribution in [3.05, 3.63) is 45.7 Å². The Morgan fingerprint density at radius 1 is 1.17 bits per heavy atom. The quantitative estimate of drug-likeness (QED) is 0.212. The maximum atomic E-state index is 13.3. The van der Waals surface area contributed by atoms with Crippen molar-refractivity contribution in [3.63, 3.8) is 0 Å². The molecule has 30 heavy (non-hydrogen) atoms. The molecule has 4 rings (SSSR count). The van der Waals surface area contributed by atoms with Gasteiger partial charge in [0.2, 0.25) is 0 Å². The summed E-state index contributed by atoms with van der Waals surface area (Å²) in [6, 6.07) is 2.89. The van der Waals surface area contributed by atoms with Crippen LogP contribution in [0.3, 0.4) is 0 Å². The van der Waals surface area contributed by atoms with Crippen molar-refractivity contribution in [1.29, 1.82) is 0 Å². The maximum Gasteiger partial charge on any atom is 0.255 e. The third-order valence-corrected chi connectivity index (χ3v) is 6.31. The number of hydrogen-bond donors (Lipinski definition) is 5. The van der Waals surface area contributed by atoms with Crippen LogP contribution in [-0.4, -0.2) is 43.7 Å². The summed E-state index contributed by atoms with van der Waals surface area (Å²) in [6.07, 6.45) is 0.462. The minimum absolute atomic E-state index is 0.0412. The number of Topliss-reactive ketones (excluding diaryl/α,β-unsaturated/α-hetero) is 2. The minimum Gasteiger partial charge on any atom is -0.511 e. The van der Waals surface area contributed by atoms with E-state index in [1.165, 1.54) is 6.07 Å². The number of aromatic hydroxyl groups is 1. The monoisotopic (exact) mass is 412 g/mol. The van der Waals surface area contributed by atoms with Crippen molar-refractivity contribution in [3.8, 4) is 5.75 Å². The topological polar surface area (TPSA) is 171 Å². The highest BCUT2D eigenvalue weighted by Gasteiger charge is 2.50. The molecule has 3 atom stereocenters. The average molecular weight is 412 g/mol. The first-order chi connectivity index (χ1) is 14.2. The number of allylic oxidation sites excluding steroid dienone is 2. The van der Waals surface area contributed by atoms with Gasteiger partial charge >= 0.3 is 0 Å². The molecule has 0 saturated heterocycles. The fourth-order valence-electron chi connectivity index (χ4n) is 5.03. The van der Waals surface area contributed by atoms with E-state index in [-0.39, 0.29) is 35.4 Å². The van der Waals surface area contributed by atoms with Gasteiger partial charge in [-0.25, -0.2) is 0 Å². The van der Waals surface area contributed by atoms with Crippen molar-refractivity contribution < 1.29 is 34.9 Å². The fraction of sp³-hybridized carbons (Fsp3) is 0.333. The van der Waals surface area contributed by atoms with Crippen molar-refractivity contribution in [2.75, 3.05) is 0 Å². The summed E-state index contributed by atoms with van der Waals surface area (Å²) in [5.74, 6) is -5.76. The smallest absolute Gasteiger partial charge is 0.255 e. The Morgan fingerprint density at radius 2 is 1.87 bits per heavy atom. The zero-order chi connectivity index (χ0) is 21.9. The van der Waals surface area contributed by atoms with Crippen LogP contribution in [0, 0.1) is 17.8 Å². The van der Waals surface area contributed by atoms with Gasteiger partial charge in [0.25, 0.3) is 5.91 Å². The number of fused-ring (bicyclic) bond motifs is 3. The van der Waals surface area contributed by atoms with Crippen LogP contribution >= 0.6 is 0 Å². The van der Waals surface area contributed by atoms with Gasteiger partial charge in [-0.1, -0.05) is 5.16 Å². The number of ketones is 2. The Balaban J connectivity index is 1.90. The summed E-state index contributed by atoms with van der Waals surface area (Å²) in [5.41, 5.74) is 6.07. The van der Waals surface area contributed by atoms with E-state index in [0.717, 1.165) is 0 Å². The van der Waals surface area contributed by atoms with Gasteiger partial charge in [-0.2, -0.15) is 0 Å². The van der Waals surface area contributed by atoms with E-state index in [1.807, 2.05) is 0 Å². The number of aliphatic hydroxyl groups excluding tert-OH is 2. The molecule has 1 amide bonds. The molecule has 6 N–H and O–H groups in total. The standard InChI is InChI=1S/C21H20N2O7/c1-7(23-30)10-2-3-12(24)16-11(10)5-8-4-9-6-13(25)17(21(22)29)20(28)15(9)18(26)14(8)19(16)27/h2-3,8-9,15,24,27-28,30H,4-6H2,1H3,(H2,22,29)/b23-7-/t8-,9+,15?/m1/s1. The predicted molar refractivity (Wildman–Crippen MR) is 104 cm³/mol. The second-order valence-corrected chi connectivity index (χ2v) is 7.92. The predicted octanol–water partition coefficient (Wildman–Crippen LogP) is 1.51. The zero-order valence-corrected chi connectivity index (χ0v) is 16.0. The number of benzene rings is 1. The Kier molecular flexibility index (Phi) is 4.41. The number of aliphatic hydroxyl groups is 2. The molecular formula is C21H20N2O7. The molecule has 156 valence electrons. The van der Waals surface area contributed by atoms with Crippen LogP contribution in [0.1, 0.15) is 36.5 Å². The Labute approximate surface area is 170 Å². The van der Waals surface area contributed by atoms with Gasteiger partial charge in [0.15, 0.2) is 11.6 Å². The molecule has 0 bridgehead atoms. The number of rotatable bonds is 2. The van der Waals surface area contributed by atoms with Crippen molar-refractivity contribution in [1.82, 2.24) is 0 Å². The lowest BCUT2D eigenvalue weighted by molar-refractivity contribution is -0.127. The molecule has 0 aromatic heterocycles. The summed E-state index contributed by atoms with van der Waals surface area (Å²) in [5, 5.41) is 44.1. The van der Waals surface area contributed by atoms with Gasteiger partial charge in [0, 0.05) is 17.6 Å². The van der Waals surface area contributed by atoms with E-state index in [4.69, 9.17) is 5.73 Å². The van der Waals surface area contributed by atoms with E-state index < -0.39 is 52.3 Å². The highest BCUT2D eigenvalue weighted by atomic mass is 16.4. The molecular weight excluding hydrogens is 392 g/mol. The number of nitrogens with zero attached hydrogens (tertiary/aromatic N) is 1. The van der Waals surface area contributed by atoms with Crippen LogP contribution in [-0.2, 0) is 20.8 Å². The van der Waals surface area contributed by atoms with Crippen molar-refractivity contribution >= 4 is 28.9 Å². The second kappa shape index (κ2) is 6.72. The first-order valence-electron chi connectivity index (χ1n) is 9.45. The molecule has 1 aromatic rings. The first-order valence-corrected chi connectivity index (χ1v) is 9.45. The minimum atomic E-state index is -1.15. The molecule has 0 radical (unpaired) electrons. The second-order valence-electron chi connectivity index (χ2n) is 7.92. The third kappa shape index (κ3) is 2.62.